The molecule has 0 saturated heterocycles. The number of carbonyl (C=O) groups is 1. The Bertz CT molecular complexity index is 1410. The van der Waals surface area contributed by atoms with Crippen LogP contribution in [0.5, 0.6) is 5.75 Å². The summed E-state index contributed by atoms with van der Waals surface area (Å²) in [4.78, 5) is 17.0. The summed E-state index contributed by atoms with van der Waals surface area (Å²) in [6.07, 6.45) is 0. The Balaban J connectivity index is 1.35. The van der Waals surface area contributed by atoms with Crippen molar-refractivity contribution >= 4 is 60.9 Å². The minimum absolute atomic E-state index is 0.140. The van der Waals surface area contributed by atoms with E-state index in [4.69, 9.17) is 4.74 Å². The number of pyridine rings is 1. The van der Waals surface area contributed by atoms with Crippen LogP contribution >= 0.6 is 23.1 Å². The fourth-order valence-electron chi connectivity index (χ4n) is 3.34. The van der Waals surface area contributed by atoms with Crippen molar-refractivity contribution in [2.75, 3.05) is 18.2 Å². The highest BCUT2D eigenvalue weighted by molar-refractivity contribution is 7.99. The zero-order chi connectivity index (χ0) is 20.7. The predicted molar refractivity (Wildman–Crippen MR) is 121 cm³/mol. The number of para-hydroxylation sites is 1. The summed E-state index contributed by atoms with van der Waals surface area (Å²) in [5.74, 6) is 0.835. The monoisotopic (exact) mass is 435 g/mol. The van der Waals surface area contributed by atoms with Crippen molar-refractivity contribution in [3.05, 3.63) is 54.1 Å². The van der Waals surface area contributed by atoms with Crippen molar-refractivity contribution in [3.63, 3.8) is 0 Å². The Morgan fingerprint density at radius 1 is 1.20 bits per heavy atom. The standard InChI is InChI=1S/C21H17N5O2S2/c1-12-9-18-24-25-21(26(18)16-6-4-3-5-14(12)16)29-11-19(27)23-20-22-15-8-7-13(28-2)10-17(15)30-20/h3-10H,11H2,1-2H3,(H,22,23,27). The van der Waals surface area contributed by atoms with Crippen LogP contribution in [-0.4, -0.2) is 38.4 Å². The zero-order valence-electron chi connectivity index (χ0n) is 16.2. The van der Waals surface area contributed by atoms with E-state index in [0.717, 1.165) is 38.1 Å². The number of thiazole rings is 1. The lowest BCUT2D eigenvalue weighted by Gasteiger charge is -2.07. The minimum Gasteiger partial charge on any atom is -0.497 e. The van der Waals surface area contributed by atoms with Crippen LogP contribution in [0.4, 0.5) is 5.13 Å². The highest BCUT2D eigenvalue weighted by Crippen LogP contribution is 2.30. The molecule has 0 spiro atoms. The molecule has 2 aromatic carbocycles. The molecule has 0 bridgehead atoms. The lowest BCUT2D eigenvalue weighted by Crippen LogP contribution is -2.14. The molecule has 0 aliphatic heterocycles. The van der Waals surface area contributed by atoms with Gasteiger partial charge in [-0.2, -0.15) is 0 Å². The number of amides is 1. The van der Waals surface area contributed by atoms with Crippen molar-refractivity contribution in [3.8, 4) is 5.75 Å². The fourth-order valence-corrected chi connectivity index (χ4v) is 5.00. The number of hydrogen-bond donors (Lipinski definition) is 1. The number of aryl methyl sites for hydroxylation is 1. The van der Waals surface area contributed by atoms with Gasteiger partial charge in [-0.05, 0) is 42.8 Å². The van der Waals surface area contributed by atoms with Crippen molar-refractivity contribution in [2.24, 2.45) is 0 Å². The van der Waals surface area contributed by atoms with Crippen LogP contribution in [0, 0.1) is 6.92 Å². The molecule has 3 heterocycles. The van der Waals surface area contributed by atoms with E-state index in [-0.39, 0.29) is 11.7 Å². The second kappa shape index (κ2) is 7.58. The van der Waals surface area contributed by atoms with Crippen LogP contribution in [0.1, 0.15) is 5.56 Å². The quantitative estimate of drug-likeness (QED) is 0.408. The van der Waals surface area contributed by atoms with E-state index >= 15 is 0 Å². The number of nitrogens with zero attached hydrogens (tertiary/aromatic N) is 4. The second-order valence-corrected chi connectivity index (χ2v) is 8.68. The second-order valence-electron chi connectivity index (χ2n) is 6.71. The molecular formula is C21H17N5O2S2. The van der Waals surface area contributed by atoms with E-state index in [0.29, 0.717) is 10.3 Å². The first-order chi connectivity index (χ1) is 14.6. The van der Waals surface area contributed by atoms with Gasteiger partial charge in [0, 0.05) is 5.39 Å². The van der Waals surface area contributed by atoms with E-state index in [1.54, 1.807) is 7.11 Å². The van der Waals surface area contributed by atoms with Gasteiger partial charge in [0.25, 0.3) is 0 Å². The first-order valence-electron chi connectivity index (χ1n) is 9.23. The van der Waals surface area contributed by atoms with Crippen LogP contribution in [0.2, 0.25) is 0 Å². The van der Waals surface area contributed by atoms with Gasteiger partial charge in [-0.15, -0.1) is 10.2 Å². The molecule has 0 fully saturated rings. The number of rotatable bonds is 5. The number of aromatic nitrogens is 4. The molecule has 1 amide bonds. The normalized spacial score (nSPS) is 11.4. The number of hydrogen-bond acceptors (Lipinski definition) is 7. The van der Waals surface area contributed by atoms with Gasteiger partial charge < -0.3 is 10.1 Å². The predicted octanol–water partition coefficient (Wildman–Crippen LogP) is 4.54. The third kappa shape index (κ3) is 3.35. The van der Waals surface area contributed by atoms with E-state index in [1.165, 1.54) is 23.1 Å². The topological polar surface area (TPSA) is 81.4 Å². The molecular weight excluding hydrogens is 418 g/mol. The van der Waals surface area contributed by atoms with Crippen molar-refractivity contribution in [1.82, 2.24) is 19.6 Å². The Hall–Kier alpha value is -3.17. The van der Waals surface area contributed by atoms with Crippen molar-refractivity contribution in [1.29, 1.82) is 0 Å². The summed E-state index contributed by atoms with van der Waals surface area (Å²) in [5, 5.41) is 13.8. The summed E-state index contributed by atoms with van der Waals surface area (Å²) in [6, 6.07) is 15.8. The number of nitrogens with one attached hydrogen (secondary N) is 1. The highest BCUT2D eigenvalue weighted by Gasteiger charge is 2.14. The molecule has 7 nitrogen and oxygen atoms in total. The maximum Gasteiger partial charge on any atom is 0.236 e. The van der Waals surface area contributed by atoms with E-state index in [2.05, 4.69) is 33.5 Å². The van der Waals surface area contributed by atoms with Crippen LogP contribution in [0.15, 0.2) is 53.7 Å². The lowest BCUT2D eigenvalue weighted by molar-refractivity contribution is -0.113. The van der Waals surface area contributed by atoms with Crippen molar-refractivity contribution < 1.29 is 9.53 Å². The van der Waals surface area contributed by atoms with Gasteiger partial charge in [0.2, 0.25) is 5.91 Å². The van der Waals surface area contributed by atoms with Crippen molar-refractivity contribution in [2.45, 2.75) is 12.1 Å². The van der Waals surface area contributed by atoms with Gasteiger partial charge in [-0.3, -0.25) is 9.20 Å². The van der Waals surface area contributed by atoms with Crippen LogP contribution < -0.4 is 10.1 Å². The number of fused-ring (bicyclic) bond motifs is 4. The lowest BCUT2D eigenvalue weighted by atomic mass is 10.1. The summed E-state index contributed by atoms with van der Waals surface area (Å²) < 4.78 is 8.19. The number of methoxy groups -OCH3 is 1. The molecule has 0 radical (unpaired) electrons. The molecule has 150 valence electrons. The maximum absolute atomic E-state index is 12.5. The fraction of sp³-hybridized carbons (Fsp3) is 0.143. The van der Waals surface area contributed by atoms with E-state index in [9.17, 15) is 4.79 Å². The average molecular weight is 436 g/mol. The first-order valence-corrected chi connectivity index (χ1v) is 11.0. The van der Waals surface area contributed by atoms with Crippen LogP contribution in [-0.2, 0) is 4.79 Å². The molecule has 0 saturated carbocycles. The number of anilines is 1. The zero-order valence-corrected chi connectivity index (χ0v) is 17.9. The molecule has 9 heteroatoms. The number of carbonyl (C=O) groups excluding carboxylic acids is 1. The SMILES string of the molecule is COc1ccc2nc(NC(=O)CSc3nnc4cc(C)c5ccccc5n34)sc2c1. The van der Waals surface area contributed by atoms with Gasteiger partial charge in [-0.25, -0.2) is 4.98 Å². The molecule has 0 unspecified atom stereocenters. The first kappa shape index (κ1) is 18.8. The Labute approximate surface area is 180 Å². The highest BCUT2D eigenvalue weighted by atomic mass is 32.2. The van der Waals surface area contributed by atoms with Gasteiger partial charge >= 0.3 is 0 Å². The average Bonchev–Trinajstić information content (AvgIpc) is 3.35. The smallest absolute Gasteiger partial charge is 0.236 e. The van der Waals surface area contributed by atoms with Gasteiger partial charge in [0.05, 0.1) is 28.6 Å². The molecule has 0 aliphatic carbocycles. The van der Waals surface area contributed by atoms with E-state index < -0.39 is 0 Å². The van der Waals surface area contributed by atoms with E-state index in [1.807, 2.05) is 46.9 Å². The molecule has 1 N–H and O–H groups in total. The van der Waals surface area contributed by atoms with Crippen LogP contribution in [0.25, 0.3) is 26.8 Å². The molecule has 5 aromatic rings. The number of benzene rings is 2. The Morgan fingerprint density at radius 2 is 2.07 bits per heavy atom. The molecule has 30 heavy (non-hydrogen) atoms. The van der Waals surface area contributed by atoms with Gasteiger partial charge in [0.15, 0.2) is 15.9 Å². The largest absolute Gasteiger partial charge is 0.497 e. The van der Waals surface area contributed by atoms with Gasteiger partial charge in [0.1, 0.15) is 5.75 Å². The molecule has 0 atom stereocenters. The minimum atomic E-state index is -0.140. The third-order valence-electron chi connectivity index (χ3n) is 4.75. The number of ether oxygens (including phenoxy) is 1. The number of thioether (sulfide) groups is 1. The molecule has 0 aliphatic rings. The third-order valence-corrected chi connectivity index (χ3v) is 6.61. The molecule has 3 aromatic heterocycles. The maximum atomic E-state index is 12.5. The van der Waals surface area contributed by atoms with Crippen LogP contribution in [0.3, 0.4) is 0 Å². The summed E-state index contributed by atoms with van der Waals surface area (Å²) in [5.41, 5.74) is 3.77. The Kier molecular flexibility index (Phi) is 4.76. The van der Waals surface area contributed by atoms with Gasteiger partial charge in [-0.1, -0.05) is 41.3 Å². The molecule has 5 rings (SSSR count). The Morgan fingerprint density at radius 3 is 2.93 bits per heavy atom. The summed E-state index contributed by atoms with van der Waals surface area (Å²) >= 11 is 2.77. The summed E-state index contributed by atoms with van der Waals surface area (Å²) in [6.45, 7) is 2.06. The summed E-state index contributed by atoms with van der Waals surface area (Å²) in [7, 11) is 1.63.